The Morgan fingerprint density at radius 1 is 1.21 bits per heavy atom. The van der Waals surface area contributed by atoms with Gasteiger partial charge in [0.05, 0.1) is 26.2 Å². The number of aryl methyl sites for hydroxylation is 3. The molecule has 0 spiro atoms. The van der Waals surface area contributed by atoms with Crippen molar-refractivity contribution < 1.29 is 14.3 Å². The minimum Gasteiger partial charge on any atom is -0.493 e. The van der Waals surface area contributed by atoms with E-state index in [0.717, 1.165) is 5.56 Å². The lowest BCUT2D eigenvalue weighted by atomic mass is 10.00. The van der Waals surface area contributed by atoms with E-state index in [1.807, 2.05) is 18.2 Å². The molecule has 146 valence electrons. The standard InChI is InChI=1S/C21H23N3O4/c1-14-6-8-23(9-7-15-4-5-17(27-2)18(10-15)28-3)20(25)19(14)21(26)24-12-16(11-22)13-24/h4-6,8,10,16H,7,9,12-13H2,1-3H3. The van der Waals surface area contributed by atoms with Gasteiger partial charge < -0.3 is 18.9 Å². The highest BCUT2D eigenvalue weighted by atomic mass is 16.5. The number of rotatable bonds is 6. The van der Waals surface area contributed by atoms with E-state index in [9.17, 15) is 9.59 Å². The van der Waals surface area contributed by atoms with Crippen molar-refractivity contribution in [1.82, 2.24) is 9.47 Å². The van der Waals surface area contributed by atoms with Crippen LogP contribution in [0.5, 0.6) is 11.5 Å². The molecule has 0 aliphatic carbocycles. The molecule has 2 aromatic rings. The maximum absolute atomic E-state index is 12.9. The van der Waals surface area contributed by atoms with Crippen LogP contribution in [0.25, 0.3) is 0 Å². The van der Waals surface area contributed by atoms with Crippen LogP contribution in [0, 0.1) is 24.2 Å². The summed E-state index contributed by atoms with van der Waals surface area (Å²) in [5.41, 5.74) is 1.53. The van der Waals surface area contributed by atoms with E-state index in [2.05, 4.69) is 6.07 Å². The monoisotopic (exact) mass is 381 g/mol. The van der Waals surface area contributed by atoms with Crippen LogP contribution in [0.15, 0.2) is 35.3 Å². The van der Waals surface area contributed by atoms with Crippen molar-refractivity contribution in [2.75, 3.05) is 27.3 Å². The molecule has 0 unspecified atom stereocenters. The second-order valence-corrected chi connectivity index (χ2v) is 6.85. The third-order valence-electron chi connectivity index (χ3n) is 5.03. The Kier molecular flexibility index (Phi) is 5.69. The van der Waals surface area contributed by atoms with E-state index in [4.69, 9.17) is 14.7 Å². The number of hydrogen-bond acceptors (Lipinski definition) is 5. The highest BCUT2D eigenvalue weighted by Gasteiger charge is 2.33. The average molecular weight is 381 g/mol. The smallest absolute Gasteiger partial charge is 0.263 e. The summed E-state index contributed by atoms with van der Waals surface area (Å²) in [5, 5.41) is 8.89. The zero-order valence-corrected chi connectivity index (χ0v) is 16.3. The van der Waals surface area contributed by atoms with Gasteiger partial charge in [-0.3, -0.25) is 9.59 Å². The SMILES string of the molecule is COc1ccc(CCn2ccc(C)c(C(=O)N3CC(C#N)C3)c2=O)cc1OC. The molecule has 3 rings (SSSR count). The quantitative estimate of drug-likeness (QED) is 0.764. The molecule has 7 heteroatoms. The average Bonchev–Trinajstić information content (AvgIpc) is 2.66. The fourth-order valence-electron chi connectivity index (χ4n) is 3.27. The van der Waals surface area contributed by atoms with Gasteiger partial charge in [0, 0.05) is 25.8 Å². The summed E-state index contributed by atoms with van der Waals surface area (Å²) in [6.07, 6.45) is 2.32. The topological polar surface area (TPSA) is 84.6 Å². The number of benzene rings is 1. The van der Waals surface area contributed by atoms with Crippen molar-refractivity contribution in [3.05, 3.63) is 57.5 Å². The molecule has 1 fully saturated rings. The van der Waals surface area contributed by atoms with Crippen molar-refractivity contribution in [3.63, 3.8) is 0 Å². The van der Waals surface area contributed by atoms with Gasteiger partial charge in [-0.25, -0.2) is 0 Å². The van der Waals surface area contributed by atoms with Crippen LogP contribution >= 0.6 is 0 Å². The Bertz CT molecular complexity index is 984. The van der Waals surface area contributed by atoms with Gasteiger partial charge in [-0.15, -0.1) is 0 Å². The molecule has 0 atom stereocenters. The van der Waals surface area contributed by atoms with Crippen LogP contribution in [-0.2, 0) is 13.0 Å². The number of carbonyl (C=O) groups is 1. The summed E-state index contributed by atoms with van der Waals surface area (Å²) in [4.78, 5) is 27.1. The molecule has 0 radical (unpaired) electrons. The molecule has 7 nitrogen and oxygen atoms in total. The zero-order valence-electron chi connectivity index (χ0n) is 16.3. The molecular formula is C21H23N3O4. The molecule has 0 bridgehead atoms. The molecule has 0 saturated carbocycles. The number of likely N-dealkylation sites (tertiary alicyclic amines) is 1. The first-order valence-electron chi connectivity index (χ1n) is 9.08. The summed E-state index contributed by atoms with van der Waals surface area (Å²) >= 11 is 0. The predicted molar refractivity (Wildman–Crippen MR) is 104 cm³/mol. The Balaban J connectivity index is 1.78. The summed E-state index contributed by atoms with van der Waals surface area (Å²) in [6.45, 7) is 2.97. The molecule has 1 aromatic carbocycles. The number of carbonyl (C=O) groups excluding carboxylic acids is 1. The van der Waals surface area contributed by atoms with Crippen LogP contribution in [-0.4, -0.2) is 42.7 Å². The van der Waals surface area contributed by atoms with Gasteiger partial charge in [-0.1, -0.05) is 6.07 Å². The largest absolute Gasteiger partial charge is 0.493 e. The number of amides is 1. The number of nitriles is 1. The van der Waals surface area contributed by atoms with Crippen LogP contribution in [0.3, 0.4) is 0 Å². The summed E-state index contributed by atoms with van der Waals surface area (Å²) in [6, 6.07) is 9.56. The predicted octanol–water partition coefficient (Wildman–Crippen LogP) is 2.01. The number of aromatic nitrogens is 1. The molecule has 1 aromatic heterocycles. The lowest BCUT2D eigenvalue weighted by Crippen LogP contribution is -2.51. The van der Waals surface area contributed by atoms with Crippen molar-refractivity contribution in [1.29, 1.82) is 5.26 Å². The highest BCUT2D eigenvalue weighted by molar-refractivity contribution is 5.95. The van der Waals surface area contributed by atoms with Crippen LogP contribution in [0.2, 0.25) is 0 Å². The lowest BCUT2D eigenvalue weighted by molar-refractivity contribution is 0.0574. The van der Waals surface area contributed by atoms with Crippen molar-refractivity contribution in [2.24, 2.45) is 5.92 Å². The van der Waals surface area contributed by atoms with Crippen molar-refractivity contribution in [2.45, 2.75) is 19.9 Å². The molecule has 1 saturated heterocycles. The van der Waals surface area contributed by atoms with Crippen molar-refractivity contribution in [3.8, 4) is 17.6 Å². The number of pyridine rings is 1. The zero-order chi connectivity index (χ0) is 20.3. The molecule has 1 aliphatic heterocycles. The van der Waals surface area contributed by atoms with E-state index < -0.39 is 0 Å². The number of nitrogens with zero attached hydrogens (tertiary/aromatic N) is 3. The Hall–Kier alpha value is -3.27. The lowest BCUT2D eigenvalue weighted by Gasteiger charge is -2.35. The summed E-state index contributed by atoms with van der Waals surface area (Å²) in [7, 11) is 3.16. The number of hydrogen-bond donors (Lipinski definition) is 0. The second-order valence-electron chi connectivity index (χ2n) is 6.85. The van der Waals surface area contributed by atoms with Crippen molar-refractivity contribution >= 4 is 5.91 Å². The van der Waals surface area contributed by atoms with Crippen LogP contribution in [0.4, 0.5) is 0 Å². The highest BCUT2D eigenvalue weighted by Crippen LogP contribution is 2.27. The normalized spacial score (nSPS) is 13.6. The van der Waals surface area contributed by atoms with Crippen LogP contribution < -0.4 is 15.0 Å². The summed E-state index contributed by atoms with van der Waals surface area (Å²) in [5.74, 6) is 0.850. The third kappa shape index (κ3) is 3.72. The Labute approximate surface area is 163 Å². The number of methoxy groups -OCH3 is 2. The summed E-state index contributed by atoms with van der Waals surface area (Å²) < 4.78 is 12.1. The molecule has 1 aliphatic rings. The molecular weight excluding hydrogens is 358 g/mol. The molecule has 0 N–H and O–H groups in total. The first kappa shape index (κ1) is 19.5. The van der Waals surface area contributed by atoms with Gasteiger partial charge in [0.15, 0.2) is 11.5 Å². The first-order chi connectivity index (χ1) is 13.5. The van der Waals surface area contributed by atoms with Gasteiger partial charge in [0.2, 0.25) is 0 Å². The van der Waals surface area contributed by atoms with Gasteiger partial charge in [0.1, 0.15) is 5.56 Å². The molecule has 28 heavy (non-hydrogen) atoms. The minimum atomic E-state index is -0.300. The van der Waals surface area contributed by atoms with E-state index >= 15 is 0 Å². The van der Waals surface area contributed by atoms with E-state index in [1.165, 1.54) is 0 Å². The van der Waals surface area contributed by atoms with Gasteiger partial charge >= 0.3 is 0 Å². The number of ether oxygens (including phenoxy) is 2. The van der Waals surface area contributed by atoms with E-state index in [0.29, 0.717) is 43.1 Å². The fraction of sp³-hybridized carbons (Fsp3) is 0.381. The third-order valence-corrected chi connectivity index (χ3v) is 5.03. The minimum absolute atomic E-state index is 0.139. The molecule has 1 amide bonds. The Morgan fingerprint density at radius 3 is 2.57 bits per heavy atom. The Morgan fingerprint density at radius 2 is 1.93 bits per heavy atom. The van der Waals surface area contributed by atoms with E-state index in [1.54, 1.807) is 42.9 Å². The second kappa shape index (κ2) is 8.17. The molecule has 2 heterocycles. The van der Waals surface area contributed by atoms with Gasteiger partial charge in [-0.2, -0.15) is 5.26 Å². The first-order valence-corrected chi connectivity index (χ1v) is 9.08. The maximum Gasteiger partial charge on any atom is 0.263 e. The van der Waals surface area contributed by atoms with Gasteiger partial charge in [0.25, 0.3) is 11.5 Å². The van der Waals surface area contributed by atoms with E-state index in [-0.39, 0.29) is 22.9 Å². The fourth-order valence-corrected chi connectivity index (χ4v) is 3.27. The van der Waals surface area contributed by atoms with Gasteiger partial charge in [-0.05, 0) is 42.7 Å². The maximum atomic E-state index is 12.9. The van der Waals surface area contributed by atoms with Crippen LogP contribution in [0.1, 0.15) is 21.5 Å².